The van der Waals surface area contributed by atoms with Crippen molar-refractivity contribution in [3.63, 3.8) is 0 Å². The molecule has 0 aliphatic heterocycles. The van der Waals surface area contributed by atoms with Gasteiger partial charge in [-0.2, -0.15) is 5.26 Å². The van der Waals surface area contributed by atoms with Gasteiger partial charge in [-0.3, -0.25) is 0 Å². The standard InChI is InChI=1S/C50H37FN4/c51-45-28-37(49-54-47(32-9-3-1-4-10-32)53-48(55-49)33-11-5-2-6-12-33)18-19-41(45)36-14-7-13-34(26-36)35-17-20-42-44(27-35)50(43-16-8-15-38(29-52)46(42)43)39-22-30-21-31(24-39)25-40(50)23-30/h1-20,26-28,30-31,39-40H,21-25H2. The molecule has 0 amide bonds. The lowest BCUT2D eigenvalue weighted by molar-refractivity contribution is -0.0399. The number of halogens is 1. The van der Waals surface area contributed by atoms with Gasteiger partial charge in [-0.15, -0.1) is 0 Å². The predicted octanol–water partition coefficient (Wildman–Crippen LogP) is 11.9. The van der Waals surface area contributed by atoms with Crippen molar-refractivity contribution in [1.82, 2.24) is 15.0 Å². The summed E-state index contributed by atoms with van der Waals surface area (Å²) >= 11 is 0. The second-order valence-corrected chi connectivity index (χ2v) is 16.1. The van der Waals surface area contributed by atoms with Crippen LogP contribution in [-0.4, -0.2) is 15.0 Å². The fraction of sp³-hybridized carbons (Fsp3) is 0.200. The molecule has 0 saturated heterocycles. The van der Waals surface area contributed by atoms with E-state index in [0.717, 1.165) is 50.8 Å². The third-order valence-corrected chi connectivity index (χ3v) is 13.2. The van der Waals surface area contributed by atoms with Crippen molar-refractivity contribution in [3.05, 3.63) is 162 Å². The number of hydrogen-bond donors (Lipinski definition) is 0. The monoisotopic (exact) mass is 712 g/mol. The third-order valence-electron chi connectivity index (χ3n) is 13.2. The second-order valence-electron chi connectivity index (χ2n) is 16.1. The van der Waals surface area contributed by atoms with E-state index < -0.39 is 0 Å². The summed E-state index contributed by atoms with van der Waals surface area (Å²) in [6.45, 7) is 0. The van der Waals surface area contributed by atoms with E-state index in [0.29, 0.717) is 40.4 Å². The average Bonchev–Trinajstić information content (AvgIpc) is 3.53. The number of benzene rings is 6. The van der Waals surface area contributed by atoms with Crippen LogP contribution in [0, 0.1) is 40.8 Å². The first-order chi connectivity index (χ1) is 27.1. The third kappa shape index (κ3) is 4.97. The summed E-state index contributed by atoms with van der Waals surface area (Å²) in [4.78, 5) is 14.4. The number of nitrogens with zero attached hydrogens (tertiary/aromatic N) is 4. The van der Waals surface area contributed by atoms with E-state index in [1.807, 2.05) is 91.0 Å². The molecule has 5 aliphatic rings. The predicted molar refractivity (Wildman–Crippen MR) is 215 cm³/mol. The highest BCUT2D eigenvalue weighted by molar-refractivity contribution is 5.88. The number of aromatic nitrogens is 3. The Morgan fingerprint density at radius 2 is 1.04 bits per heavy atom. The van der Waals surface area contributed by atoms with Crippen LogP contribution in [0.25, 0.3) is 67.5 Å². The Bertz CT molecular complexity index is 2610. The van der Waals surface area contributed by atoms with Gasteiger partial charge in [0.05, 0.1) is 11.6 Å². The molecule has 4 bridgehead atoms. The number of fused-ring (bicyclic) bond motifs is 3. The van der Waals surface area contributed by atoms with Gasteiger partial charge in [0.15, 0.2) is 17.5 Å². The van der Waals surface area contributed by atoms with Gasteiger partial charge in [-0.1, -0.05) is 115 Å². The van der Waals surface area contributed by atoms with Crippen molar-refractivity contribution in [3.8, 4) is 73.6 Å². The van der Waals surface area contributed by atoms with Crippen molar-refractivity contribution in [2.24, 2.45) is 23.7 Å². The first-order valence-electron chi connectivity index (χ1n) is 19.5. The molecule has 5 aliphatic carbocycles. The molecule has 5 heteroatoms. The van der Waals surface area contributed by atoms with E-state index in [-0.39, 0.29) is 11.2 Å². The molecule has 4 nitrogen and oxygen atoms in total. The van der Waals surface area contributed by atoms with Crippen LogP contribution in [0.15, 0.2) is 140 Å². The maximum absolute atomic E-state index is 16.3. The van der Waals surface area contributed by atoms with Gasteiger partial charge in [-0.25, -0.2) is 19.3 Å². The largest absolute Gasteiger partial charge is 0.208 e. The smallest absolute Gasteiger partial charge is 0.164 e. The summed E-state index contributed by atoms with van der Waals surface area (Å²) in [7, 11) is 0. The van der Waals surface area contributed by atoms with Crippen LogP contribution >= 0.6 is 0 Å². The molecule has 7 aromatic rings. The number of rotatable bonds is 5. The Labute approximate surface area is 320 Å². The van der Waals surface area contributed by atoms with E-state index in [2.05, 4.69) is 48.5 Å². The first-order valence-corrected chi connectivity index (χ1v) is 19.5. The Kier molecular flexibility index (Phi) is 7.26. The minimum Gasteiger partial charge on any atom is -0.208 e. The van der Waals surface area contributed by atoms with Crippen LogP contribution in [0.4, 0.5) is 4.39 Å². The van der Waals surface area contributed by atoms with Crippen LogP contribution in [0.5, 0.6) is 0 Å². The quantitative estimate of drug-likeness (QED) is 0.178. The first kappa shape index (κ1) is 32.2. The Hall–Kier alpha value is -6.25. The van der Waals surface area contributed by atoms with Gasteiger partial charge in [0.25, 0.3) is 0 Å². The molecule has 0 N–H and O–H groups in total. The Morgan fingerprint density at radius 1 is 0.491 bits per heavy atom. The summed E-state index contributed by atoms with van der Waals surface area (Å²) in [5.41, 5.74) is 11.7. The molecule has 1 spiro atoms. The molecule has 0 atom stereocenters. The van der Waals surface area contributed by atoms with Crippen LogP contribution in [0.2, 0.25) is 0 Å². The summed E-state index contributed by atoms with van der Waals surface area (Å²) in [5.74, 6) is 4.04. The zero-order chi connectivity index (χ0) is 36.7. The van der Waals surface area contributed by atoms with Gasteiger partial charge in [-0.05, 0) is 113 Å². The van der Waals surface area contributed by atoms with E-state index in [9.17, 15) is 5.26 Å². The molecule has 0 unspecified atom stereocenters. The van der Waals surface area contributed by atoms with Gasteiger partial charge < -0.3 is 0 Å². The van der Waals surface area contributed by atoms with Crippen molar-refractivity contribution in [1.29, 1.82) is 5.26 Å². The van der Waals surface area contributed by atoms with Gasteiger partial charge in [0.2, 0.25) is 0 Å². The second kappa shape index (κ2) is 12.4. The van der Waals surface area contributed by atoms with Gasteiger partial charge >= 0.3 is 0 Å². The van der Waals surface area contributed by atoms with Crippen molar-refractivity contribution >= 4 is 0 Å². The molecule has 4 saturated carbocycles. The maximum atomic E-state index is 16.3. The molecule has 4 fully saturated rings. The summed E-state index contributed by atoms with van der Waals surface area (Å²) in [5, 5.41) is 10.3. The molecule has 264 valence electrons. The number of hydrogen-bond acceptors (Lipinski definition) is 4. The van der Waals surface area contributed by atoms with E-state index in [1.165, 1.54) is 54.9 Å². The zero-order valence-electron chi connectivity index (χ0n) is 30.3. The summed E-state index contributed by atoms with van der Waals surface area (Å²) in [6, 6.07) is 49.0. The molecule has 1 aromatic heterocycles. The lowest BCUT2D eigenvalue weighted by Crippen LogP contribution is -2.55. The lowest BCUT2D eigenvalue weighted by Gasteiger charge is -2.61. The molecular weight excluding hydrogens is 676 g/mol. The molecule has 6 aromatic carbocycles. The minimum absolute atomic E-state index is 0.0453. The van der Waals surface area contributed by atoms with Crippen molar-refractivity contribution in [2.45, 2.75) is 37.5 Å². The minimum atomic E-state index is -0.335. The van der Waals surface area contributed by atoms with Crippen LogP contribution < -0.4 is 0 Å². The average molecular weight is 713 g/mol. The van der Waals surface area contributed by atoms with Gasteiger partial charge in [0, 0.05) is 33.2 Å². The molecular formula is C50H37FN4. The SMILES string of the molecule is N#Cc1cccc2c1-c1ccc(-c3cccc(-c4ccc(-c5nc(-c6ccccc6)nc(-c6ccccc6)n5)cc4F)c3)cc1C21C2CC3CC(C2)CC1C3. The molecule has 12 rings (SSSR count). The Balaban J connectivity index is 0.979. The molecule has 1 heterocycles. The Morgan fingerprint density at radius 3 is 1.67 bits per heavy atom. The number of nitriles is 1. The highest BCUT2D eigenvalue weighted by atomic mass is 19.1. The van der Waals surface area contributed by atoms with Crippen LogP contribution in [0.1, 0.15) is 48.8 Å². The topological polar surface area (TPSA) is 62.5 Å². The van der Waals surface area contributed by atoms with Crippen molar-refractivity contribution < 1.29 is 4.39 Å². The van der Waals surface area contributed by atoms with Crippen LogP contribution in [0.3, 0.4) is 0 Å². The summed E-state index contributed by atoms with van der Waals surface area (Å²) in [6.07, 6.45) is 6.52. The van der Waals surface area contributed by atoms with Gasteiger partial charge in [0.1, 0.15) is 5.82 Å². The lowest BCUT2D eigenvalue weighted by atomic mass is 9.43. The fourth-order valence-electron chi connectivity index (χ4n) is 11.2. The molecule has 0 radical (unpaired) electrons. The highest BCUT2D eigenvalue weighted by Gasteiger charge is 2.61. The van der Waals surface area contributed by atoms with E-state index >= 15 is 4.39 Å². The normalized spacial score (nSPS) is 22.7. The molecule has 55 heavy (non-hydrogen) atoms. The maximum Gasteiger partial charge on any atom is 0.164 e. The summed E-state index contributed by atoms with van der Waals surface area (Å²) < 4.78 is 16.3. The van der Waals surface area contributed by atoms with E-state index in [4.69, 9.17) is 15.0 Å². The highest BCUT2D eigenvalue weighted by Crippen LogP contribution is 2.69. The van der Waals surface area contributed by atoms with E-state index in [1.54, 1.807) is 0 Å². The fourth-order valence-corrected chi connectivity index (χ4v) is 11.2. The van der Waals surface area contributed by atoms with Crippen molar-refractivity contribution in [2.75, 3.05) is 0 Å². The zero-order valence-corrected chi connectivity index (χ0v) is 30.3. The van der Waals surface area contributed by atoms with Crippen LogP contribution in [-0.2, 0) is 5.41 Å².